The van der Waals surface area contributed by atoms with Gasteiger partial charge in [0, 0.05) is 11.5 Å². The fourth-order valence-electron chi connectivity index (χ4n) is 3.48. The number of aliphatic hydroxyl groups excluding tert-OH is 1. The summed E-state index contributed by atoms with van der Waals surface area (Å²) in [7, 11) is -4.66. The average molecular weight is 587 g/mol. The number of thioether (sulfide) groups is 2. The average Bonchev–Trinajstić information content (AvgIpc) is 3.25. The van der Waals surface area contributed by atoms with Crippen LogP contribution < -0.4 is 69.5 Å². The van der Waals surface area contributed by atoms with Crippen molar-refractivity contribution in [1.29, 1.82) is 0 Å². The van der Waals surface area contributed by atoms with Crippen molar-refractivity contribution < 1.29 is 96.7 Å². The van der Waals surface area contributed by atoms with Gasteiger partial charge in [-0.25, -0.2) is 13.1 Å². The third kappa shape index (κ3) is 7.36. The maximum Gasteiger partial charge on any atom is 1.00 e. The summed E-state index contributed by atoms with van der Waals surface area (Å²) in [6.45, 7) is 0. The zero-order valence-electron chi connectivity index (χ0n) is 19.5. The van der Waals surface area contributed by atoms with E-state index in [4.69, 9.17) is 0 Å². The molecule has 3 heterocycles. The molecular formula is C18H16N6Na2O8S3. The predicted molar refractivity (Wildman–Crippen MR) is 117 cm³/mol. The second-order valence-electron chi connectivity index (χ2n) is 7.39. The number of carboxylic acid groups (broad SMARTS) is 1. The molecule has 19 heteroatoms. The first-order valence-electron chi connectivity index (χ1n) is 9.81. The number of hydrogen-bond acceptors (Lipinski definition) is 13. The third-order valence-electron chi connectivity index (χ3n) is 5.06. The monoisotopic (exact) mass is 586 g/mol. The number of hydrogen-bond donors (Lipinski definition) is 2. The Morgan fingerprint density at radius 1 is 1.27 bits per heavy atom. The van der Waals surface area contributed by atoms with Crippen molar-refractivity contribution in [3.05, 3.63) is 47.2 Å². The van der Waals surface area contributed by atoms with E-state index in [1.54, 1.807) is 30.3 Å². The first-order chi connectivity index (χ1) is 16.6. The van der Waals surface area contributed by atoms with Crippen LogP contribution in [0.15, 0.2) is 46.8 Å². The Bertz CT molecular complexity index is 1310. The number of nitrogens with one attached hydrogen (secondary N) is 1. The standard InChI is InChI=1S/C18H18N6O8S3.2Na/c25-13(9-4-2-1-3-5-9)14(26)19-11-15(27)24-12(17(28)29)10(6-33-16(11)24)7-34-18-20-21-22-23(18)8-35(30,31)32;;/h1-5,11,13,16,25H,6-8H2,(H,19,26)(H,28,29)(H,30,31,32);;/q;2*+1/p-2/t11-,13?,16-;;/m1../s1. The molecule has 1 aromatic carbocycles. The molecule has 0 bridgehead atoms. The second kappa shape index (κ2) is 13.4. The molecule has 3 atom stereocenters. The Labute approximate surface area is 263 Å². The summed E-state index contributed by atoms with van der Waals surface area (Å²) < 4.78 is 33.7. The maximum atomic E-state index is 12.7. The molecule has 0 aliphatic carbocycles. The van der Waals surface area contributed by atoms with Gasteiger partial charge in [0.25, 0.3) is 11.8 Å². The molecule has 1 unspecified atom stereocenters. The van der Waals surface area contributed by atoms with Gasteiger partial charge in [-0.2, -0.15) is 0 Å². The van der Waals surface area contributed by atoms with Gasteiger partial charge in [-0.3, -0.25) is 14.5 Å². The largest absolute Gasteiger partial charge is 1.00 e. The van der Waals surface area contributed by atoms with Crippen LogP contribution in [0.3, 0.4) is 0 Å². The number of fused-ring (bicyclic) bond motifs is 1. The summed E-state index contributed by atoms with van der Waals surface area (Å²) in [6, 6.07) is 7.08. The zero-order valence-corrected chi connectivity index (χ0v) is 26.0. The molecule has 2 aliphatic heterocycles. The van der Waals surface area contributed by atoms with Gasteiger partial charge < -0.3 is 24.9 Å². The SMILES string of the molecule is O=C([O-])C1=C(CSc2nnnn2CS(=O)(=O)[O-])CS[C@@H]2[C@H](NC(=O)C(O)c3ccccc3)C(=O)N12.[Na+].[Na+]. The molecule has 2 aliphatic rings. The van der Waals surface area contributed by atoms with Crippen molar-refractivity contribution in [3.63, 3.8) is 0 Å². The summed E-state index contributed by atoms with van der Waals surface area (Å²) in [6.07, 6.45) is -1.50. The fraction of sp³-hybridized carbons (Fsp3) is 0.333. The Hall–Kier alpha value is -0.990. The quantitative estimate of drug-likeness (QED) is 0.121. The normalized spacial score (nSPS) is 19.6. The van der Waals surface area contributed by atoms with Gasteiger partial charge in [0.15, 0.2) is 6.10 Å². The molecule has 14 nitrogen and oxygen atoms in total. The van der Waals surface area contributed by atoms with Crippen LogP contribution in [0, 0.1) is 0 Å². The van der Waals surface area contributed by atoms with E-state index < -0.39 is 51.3 Å². The molecule has 1 saturated heterocycles. The molecule has 0 radical (unpaired) electrons. The molecule has 4 rings (SSSR count). The minimum absolute atomic E-state index is 0. The van der Waals surface area contributed by atoms with Crippen LogP contribution in [-0.4, -0.2) is 83.9 Å². The van der Waals surface area contributed by atoms with Crippen LogP contribution in [0.2, 0.25) is 0 Å². The molecule has 2 aromatic rings. The smallest absolute Gasteiger partial charge is 0.747 e. The van der Waals surface area contributed by atoms with Gasteiger partial charge in [-0.15, -0.1) is 16.9 Å². The van der Waals surface area contributed by atoms with Crippen LogP contribution >= 0.6 is 23.5 Å². The molecule has 1 fully saturated rings. The van der Waals surface area contributed by atoms with Crippen LogP contribution in [0.1, 0.15) is 11.7 Å². The predicted octanol–water partition coefficient (Wildman–Crippen LogP) is -8.59. The van der Waals surface area contributed by atoms with Crippen LogP contribution in [-0.2, 0) is 30.4 Å². The molecule has 0 spiro atoms. The molecule has 0 saturated carbocycles. The van der Waals surface area contributed by atoms with Crippen LogP contribution in [0.5, 0.6) is 0 Å². The van der Waals surface area contributed by atoms with E-state index in [9.17, 15) is 37.6 Å². The fourth-order valence-corrected chi connectivity index (χ4v) is 6.40. The number of tetrazole rings is 1. The van der Waals surface area contributed by atoms with E-state index in [2.05, 4.69) is 20.8 Å². The molecule has 186 valence electrons. The Morgan fingerprint density at radius 3 is 2.57 bits per heavy atom. The number of β-lactam (4-membered cyclic amide) rings is 1. The number of aliphatic hydroxyl groups is 1. The van der Waals surface area contributed by atoms with E-state index in [0.717, 1.165) is 21.3 Å². The summed E-state index contributed by atoms with van der Waals surface area (Å²) in [5.41, 5.74) is 0.265. The maximum absolute atomic E-state index is 12.7. The minimum atomic E-state index is -4.66. The number of carbonyl (C=O) groups is 3. The Balaban J connectivity index is 0.00000241. The van der Waals surface area contributed by atoms with Crippen molar-refractivity contribution in [2.45, 2.75) is 28.6 Å². The number of rotatable bonds is 9. The summed E-state index contributed by atoms with van der Waals surface area (Å²) in [5, 5.41) is 34.2. The topological polar surface area (TPSA) is 211 Å². The first kappa shape index (κ1) is 32.2. The number of nitrogens with zero attached hydrogens (tertiary/aromatic N) is 5. The van der Waals surface area contributed by atoms with Crippen molar-refractivity contribution in [3.8, 4) is 0 Å². The summed E-state index contributed by atoms with van der Waals surface area (Å²) in [4.78, 5) is 38.0. The minimum Gasteiger partial charge on any atom is -0.747 e. The number of aliphatic carboxylic acids is 1. The van der Waals surface area contributed by atoms with Crippen molar-refractivity contribution in [2.24, 2.45) is 0 Å². The van der Waals surface area contributed by atoms with Crippen molar-refractivity contribution >= 4 is 51.4 Å². The van der Waals surface area contributed by atoms with Crippen molar-refractivity contribution in [1.82, 2.24) is 30.4 Å². The van der Waals surface area contributed by atoms with Gasteiger partial charge in [-0.1, -0.05) is 42.1 Å². The molecular weight excluding hydrogens is 570 g/mol. The molecule has 1 aromatic heterocycles. The number of carbonyl (C=O) groups excluding carboxylic acids is 3. The second-order valence-corrected chi connectivity index (χ2v) is 10.8. The van der Waals surface area contributed by atoms with E-state index in [1.807, 2.05) is 0 Å². The van der Waals surface area contributed by atoms with E-state index in [-0.39, 0.29) is 81.5 Å². The zero-order chi connectivity index (χ0) is 25.3. The van der Waals surface area contributed by atoms with E-state index in [1.165, 1.54) is 11.8 Å². The van der Waals surface area contributed by atoms with Gasteiger partial charge >= 0.3 is 59.1 Å². The van der Waals surface area contributed by atoms with Crippen LogP contribution in [0.4, 0.5) is 0 Å². The van der Waals surface area contributed by atoms with Gasteiger partial charge in [-0.05, 0) is 21.6 Å². The van der Waals surface area contributed by atoms with Crippen molar-refractivity contribution in [2.75, 3.05) is 11.5 Å². The van der Waals surface area contributed by atoms with E-state index in [0.29, 0.717) is 11.1 Å². The number of aromatic nitrogens is 4. The Morgan fingerprint density at radius 2 is 1.95 bits per heavy atom. The first-order valence-corrected chi connectivity index (χ1v) is 13.4. The number of amides is 2. The van der Waals surface area contributed by atoms with Gasteiger partial charge in [0.05, 0.1) is 11.7 Å². The molecule has 2 N–H and O–H groups in total. The van der Waals surface area contributed by atoms with Gasteiger partial charge in [0.1, 0.15) is 27.4 Å². The molecule has 2 amide bonds. The van der Waals surface area contributed by atoms with Crippen LogP contribution in [0.25, 0.3) is 0 Å². The van der Waals surface area contributed by atoms with Gasteiger partial charge in [0.2, 0.25) is 5.16 Å². The number of benzene rings is 1. The van der Waals surface area contributed by atoms with E-state index >= 15 is 0 Å². The molecule has 37 heavy (non-hydrogen) atoms. The third-order valence-corrected chi connectivity index (χ3v) is 8.00. The number of carboxylic acids is 1. The Kier molecular flexibility index (Phi) is 11.7. The summed E-state index contributed by atoms with van der Waals surface area (Å²) >= 11 is 2.08. The summed E-state index contributed by atoms with van der Waals surface area (Å²) in [5.74, 6) is -3.95.